The molecule has 11 heteroatoms. The molecule has 0 fully saturated rings. The zero-order chi connectivity index (χ0) is 23.5. The molecule has 0 aliphatic heterocycles. The zero-order valence-electron chi connectivity index (χ0n) is 16.1. The fraction of sp³-hybridized carbons (Fsp3) is 0.0476. The van der Waals surface area contributed by atoms with Crippen LogP contribution in [0.5, 0.6) is 11.5 Å². The summed E-state index contributed by atoms with van der Waals surface area (Å²) in [5, 5.41) is 17.3. The molecule has 0 saturated heterocycles. The van der Waals surface area contributed by atoms with E-state index in [-0.39, 0.29) is 17.2 Å². The van der Waals surface area contributed by atoms with Crippen molar-refractivity contribution < 1.29 is 17.9 Å². The first-order valence-electron chi connectivity index (χ1n) is 8.84. The van der Waals surface area contributed by atoms with Gasteiger partial charge in [0.05, 0.1) is 33.1 Å². The van der Waals surface area contributed by atoms with E-state index in [9.17, 15) is 13.2 Å². The molecule has 0 heterocycles. The SMILES string of the molecule is N#Cc1cc(Cl)cc(Oc2ccc(CC(=O)Nc3ccc(S(N)(=O)=O)cc3Br)cc2Br)c1. The molecule has 1 amide bonds. The van der Waals surface area contributed by atoms with E-state index in [1.165, 1.54) is 24.3 Å². The number of benzene rings is 3. The van der Waals surface area contributed by atoms with Crippen molar-refractivity contribution in [3.63, 3.8) is 0 Å². The molecule has 0 atom stereocenters. The van der Waals surface area contributed by atoms with Crippen LogP contribution in [0.1, 0.15) is 11.1 Å². The summed E-state index contributed by atoms with van der Waals surface area (Å²) >= 11 is 12.7. The van der Waals surface area contributed by atoms with Crippen LogP contribution in [-0.4, -0.2) is 14.3 Å². The number of rotatable bonds is 6. The van der Waals surface area contributed by atoms with Crippen LogP contribution in [0.25, 0.3) is 0 Å². The van der Waals surface area contributed by atoms with Gasteiger partial charge in [0.2, 0.25) is 15.9 Å². The van der Waals surface area contributed by atoms with Gasteiger partial charge in [-0.05, 0) is 86.0 Å². The van der Waals surface area contributed by atoms with Crippen molar-refractivity contribution in [2.75, 3.05) is 5.32 Å². The van der Waals surface area contributed by atoms with Crippen molar-refractivity contribution in [1.29, 1.82) is 5.26 Å². The minimum absolute atomic E-state index is 0.0662. The molecule has 0 aromatic heterocycles. The second-order valence-electron chi connectivity index (χ2n) is 6.57. The number of carbonyl (C=O) groups excluding carboxylic acids is 1. The van der Waals surface area contributed by atoms with Gasteiger partial charge >= 0.3 is 0 Å². The Morgan fingerprint density at radius 2 is 1.84 bits per heavy atom. The fourth-order valence-electron chi connectivity index (χ4n) is 2.70. The monoisotopic (exact) mass is 597 g/mol. The number of nitrogens with zero attached hydrogens (tertiary/aromatic N) is 1. The number of primary sulfonamides is 1. The lowest BCUT2D eigenvalue weighted by molar-refractivity contribution is -0.115. The molecule has 0 aliphatic rings. The molecular formula is C21H14Br2ClN3O4S. The Hall–Kier alpha value is -2.42. The molecule has 0 saturated carbocycles. The average molecular weight is 600 g/mol. The second kappa shape index (κ2) is 10.0. The third-order valence-electron chi connectivity index (χ3n) is 4.13. The lowest BCUT2D eigenvalue weighted by Gasteiger charge is -2.11. The van der Waals surface area contributed by atoms with Gasteiger partial charge in [0, 0.05) is 9.50 Å². The quantitative estimate of drug-likeness (QED) is 0.395. The van der Waals surface area contributed by atoms with Crippen molar-refractivity contribution in [3.05, 3.63) is 79.7 Å². The van der Waals surface area contributed by atoms with E-state index in [0.29, 0.717) is 42.3 Å². The summed E-state index contributed by atoms with van der Waals surface area (Å²) < 4.78 is 29.6. The van der Waals surface area contributed by atoms with Crippen molar-refractivity contribution in [3.8, 4) is 17.6 Å². The Bertz CT molecular complexity index is 1360. The minimum Gasteiger partial charge on any atom is -0.456 e. The highest BCUT2D eigenvalue weighted by atomic mass is 79.9. The van der Waals surface area contributed by atoms with Crippen LogP contribution in [0.2, 0.25) is 5.02 Å². The molecule has 0 spiro atoms. The number of amides is 1. The Morgan fingerprint density at radius 1 is 1.09 bits per heavy atom. The van der Waals surface area contributed by atoms with E-state index in [1.54, 1.807) is 30.3 Å². The smallest absolute Gasteiger partial charge is 0.238 e. The number of nitrogens with one attached hydrogen (secondary N) is 1. The second-order valence-corrected chi connectivity index (χ2v) is 10.3. The van der Waals surface area contributed by atoms with Gasteiger partial charge in [-0.25, -0.2) is 13.6 Å². The Morgan fingerprint density at radius 3 is 2.47 bits per heavy atom. The summed E-state index contributed by atoms with van der Waals surface area (Å²) in [4.78, 5) is 12.4. The number of carbonyl (C=O) groups is 1. The summed E-state index contributed by atoms with van der Waals surface area (Å²) in [5.41, 5.74) is 1.50. The number of sulfonamides is 1. The summed E-state index contributed by atoms with van der Waals surface area (Å²) in [6.07, 6.45) is 0.0675. The van der Waals surface area contributed by atoms with Gasteiger partial charge < -0.3 is 10.1 Å². The van der Waals surface area contributed by atoms with Crippen molar-refractivity contribution in [1.82, 2.24) is 0 Å². The highest BCUT2D eigenvalue weighted by Gasteiger charge is 2.13. The van der Waals surface area contributed by atoms with Gasteiger partial charge in [0.15, 0.2) is 0 Å². The van der Waals surface area contributed by atoms with Crippen LogP contribution in [-0.2, 0) is 21.2 Å². The summed E-state index contributed by atoms with van der Waals surface area (Å²) in [6.45, 7) is 0. The van der Waals surface area contributed by atoms with Crippen LogP contribution < -0.4 is 15.2 Å². The number of ether oxygens (including phenoxy) is 1. The van der Waals surface area contributed by atoms with E-state index in [1.807, 2.05) is 6.07 Å². The van der Waals surface area contributed by atoms with E-state index >= 15 is 0 Å². The standard InChI is InChI=1S/C21H14Br2ClN3O4S/c22-17-10-16(32(26,29)30)2-3-19(17)27-21(28)8-12-1-4-20(18(23)7-12)31-15-6-13(11-25)5-14(24)9-15/h1-7,9-10H,8H2,(H,27,28)(H2,26,29,30). The lowest BCUT2D eigenvalue weighted by Crippen LogP contribution is -2.16. The minimum atomic E-state index is -3.84. The van der Waals surface area contributed by atoms with Crippen LogP contribution in [0, 0.1) is 11.3 Å². The van der Waals surface area contributed by atoms with Gasteiger partial charge in [0.1, 0.15) is 11.5 Å². The van der Waals surface area contributed by atoms with Gasteiger partial charge in [0.25, 0.3) is 0 Å². The predicted octanol–water partition coefficient (Wildman–Crippen LogP) is 5.36. The summed E-state index contributed by atoms with van der Waals surface area (Å²) in [7, 11) is -3.84. The van der Waals surface area contributed by atoms with Crippen LogP contribution >= 0.6 is 43.5 Å². The van der Waals surface area contributed by atoms with Crippen molar-refractivity contribution in [2.24, 2.45) is 5.14 Å². The van der Waals surface area contributed by atoms with Crippen molar-refractivity contribution in [2.45, 2.75) is 11.3 Å². The van der Waals surface area contributed by atoms with Gasteiger partial charge in [-0.3, -0.25) is 4.79 Å². The number of halogens is 3. The fourth-order valence-corrected chi connectivity index (χ4v) is 4.61. The molecular weight excluding hydrogens is 586 g/mol. The summed E-state index contributed by atoms with van der Waals surface area (Å²) in [5.74, 6) is 0.595. The predicted molar refractivity (Wildman–Crippen MR) is 128 cm³/mol. The third kappa shape index (κ3) is 6.31. The van der Waals surface area contributed by atoms with Crippen LogP contribution in [0.15, 0.2) is 68.4 Å². The molecule has 7 nitrogen and oxygen atoms in total. The molecule has 0 aliphatic carbocycles. The highest BCUT2D eigenvalue weighted by Crippen LogP contribution is 2.32. The first kappa shape index (κ1) is 24.2. The van der Waals surface area contributed by atoms with Gasteiger partial charge in [-0.15, -0.1) is 0 Å². The third-order valence-corrected chi connectivity index (χ3v) is 6.54. The molecule has 3 N–H and O–H groups in total. The topological polar surface area (TPSA) is 122 Å². The maximum Gasteiger partial charge on any atom is 0.238 e. The van der Waals surface area contributed by atoms with E-state index in [4.69, 9.17) is 26.7 Å². The Kier molecular flexibility index (Phi) is 7.59. The highest BCUT2D eigenvalue weighted by molar-refractivity contribution is 9.11. The average Bonchev–Trinajstić information content (AvgIpc) is 2.70. The Balaban J connectivity index is 1.70. The normalized spacial score (nSPS) is 11.0. The van der Waals surface area contributed by atoms with Crippen LogP contribution in [0.3, 0.4) is 0 Å². The number of anilines is 1. The number of nitriles is 1. The molecule has 32 heavy (non-hydrogen) atoms. The number of hydrogen-bond donors (Lipinski definition) is 2. The molecule has 164 valence electrons. The van der Waals surface area contributed by atoms with E-state index in [2.05, 4.69) is 37.2 Å². The van der Waals surface area contributed by atoms with Crippen LogP contribution in [0.4, 0.5) is 5.69 Å². The van der Waals surface area contributed by atoms with Crippen molar-refractivity contribution >= 4 is 65.1 Å². The molecule has 0 unspecified atom stereocenters. The molecule has 3 aromatic carbocycles. The lowest BCUT2D eigenvalue weighted by atomic mass is 10.1. The first-order valence-corrected chi connectivity index (χ1v) is 12.4. The van der Waals surface area contributed by atoms with E-state index in [0.717, 1.165) is 0 Å². The summed E-state index contributed by atoms with van der Waals surface area (Å²) in [6, 6.07) is 16.0. The molecule has 0 bridgehead atoms. The largest absolute Gasteiger partial charge is 0.456 e. The van der Waals surface area contributed by atoms with Gasteiger partial charge in [-0.2, -0.15) is 5.26 Å². The number of hydrogen-bond acceptors (Lipinski definition) is 5. The maximum absolute atomic E-state index is 12.4. The Labute approximate surface area is 206 Å². The molecule has 3 aromatic rings. The number of nitrogens with two attached hydrogens (primary N) is 1. The molecule has 3 rings (SSSR count). The zero-order valence-corrected chi connectivity index (χ0v) is 20.8. The molecule has 0 radical (unpaired) electrons. The van der Waals surface area contributed by atoms with E-state index < -0.39 is 10.0 Å². The van der Waals surface area contributed by atoms with Gasteiger partial charge in [-0.1, -0.05) is 17.7 Å². The maximum atomic E-state index is 12.4. The first-order chi connectivity index (χ1) is 15.0.